The molecule has 2 aromatic carbocycles. The zero-order valence-corrected chi connectivity index (χ0v) is 14.3. The average molecular weight is 343 g/mol. The van der Waals surface area contributed by atoms with Crippen LogP contribution in [0.1, 0.15) is 24.0 Å². The van der Waals surface area contributed by atoms with E-state index in [4.69, 9.17) is 9.84 Å². The zero-order chi connectivity index (χ0) is 16.9. The Bertz CT molecular complexity index is 675. The summed E-state index contributed by atoms with van der Waals surface area (Å²) in [7, 11) is 0. The van der Waals surface area contributed by atoms with E-state index in [0.29, 0.717) is 12.4 Å². The molecule has 0 amide bonds. The summed E-state index contributed by atoms with van der Waals surface area (Å²) in [6, 6.07) is 17.7. The topological polar surface area (TPSA) is 58.6 Å². The molecule has 1 aliphatic heterocycles. The van der Waals surface area contributed by atoms with E-state index in [0.717, 1.165) is 11.3 Å². The fourth-order valence-electron chi connectivity index (χ4n) is 2.71. The first-order valence-corrected chi connectivity index (χ1v) is 9.05. The highest BCUT2D eigenvalue weighted by Crippen LogP contribution is 2.32. The fourth-order valence-corrected chi connectivity index (χ4v) is 4.05. The van der Waals surface area contributed by atoms with Crippen molar-refractivity contribution >= 4 is 17.7 Å². The molecule has 2 N–H and O–H groups in total. The first-order valence-electron chi connectivity index (χ1n) is 8.00. The average Bonchev–Trinajstić information content (AvgIpc) is 3.11. The summed E-state index contributed by atoms with van der Waals surface area (Å²) in [5, 5.41) is 12.4. The molecule has 24 heavy (non-hydrogen) atoms. The summed E-state index contributed by atoms with van der Waals surface area (Å²) in [4.78, 5) is 11.0. The molecule has 4 nitrogen and oxygen atoms in total. The van der Waals surface area contributed by atoms with Crippen molar-refractivity contribution < 1.29 is 14.6 Å². The lowest BCUT2D eigenvalue weighted by Crippen LogP contribution is -2.38. The fraction of sp³-hybridized carbons (Fsp3) is 0.316. The molecule has 1 heterocycles. The van der Waals surface area contributed by atoms with Crippen LogP contribution in [-0.4, -0.2) is 28.2 Å². The van der Waals surface area contributed by atoms with E-state index in [2.05, 4.69) is 24.4 Å². The number of aliphatic carboxylic acids is 1. The summed E-state index contributed by atoms with van der Waals surface area (Å²) in [6.07, 6.45) is 0. The number of carboxylic acid groups (broad SMARTS) is 1. The number of hydrogen-bond acceptors (Lipinski definition) is 4. The standard InChI is InChI=1S/C19H21NO3S/c1-13(18-20-17(12-24-18)19(21)22)15-7-9-16(10-8-15)23-11-14-5-3-2-4-6-14/h2-10,13,17-18,20H,11-12H2,1H3,(H,21,22)/t13?,17-,18?/m0/s1. The SMILES string of the molecule is CC(c1ccc(OCc2ccccc2)cc1)C1N[C@H](C(=O)O)CS1. The van der Waals surface area contributed by atoms with Gasteiger partial charge in [0, 0.05) is 11.7 Å². The minimum Gasteiger partial charge on any atom is -0.489 e. The van der Waals surface area contributed by atoms with Gasteiger partial charge in [-0.15, -0.1) is 11.8 Å². The van der Waals surface area contributed by atoms with Gasteiger partial charge < -0.3 is 9.84 Å². The van der Waals surface area contributed by atoms with E-state index in [1.165, 1.54) is 5.56 Å². The molecule has 0 aromatic heterocycles. The Morgan fingerprint density at radius 1 is 1.25 bits per heavy atom. The summed E-state index contributed by atoms with van der Waals surface area (Å²) in [6.45, 7) is 2.67. The van der Waals surface area contributed by atoms with Gasteiger partial charge in [0.2, 0.25) is 0 Å². The van der Waals surface area contributed by atoms with Crippen molar-refractivity contribution in [2.75, 3.05) is 5.75 Å². The summed E-state index contributed by atoms with van der Waals surface area (Å²) in [5.74, 6) is 0.914. The number of benzene rings is 2. The normalized spacial score (nSPS) is 21.4. The van der Waals surface area contributed by atoms with Gasteiger partial charge in [-0.1, -0.05) is 49.4 Å². The Kier molecular flexibility index (Phi) is 5.43. The van der Waals surface area contributed by atoms with Crippen molar-refractivity contribution in [1.29, 1.82) is 0 Å². The lowest BCUT2D eigenvalue weighted by Gasteiger charge is -2.20. The molecule has 0 radical (unpaired) electrons. The highest BCUT2D eigenvalue weighted by molar-refractivity contribution is 8.00. The molecule has 3 atom stereocenters. The minimum atomic E-state index is -0.776. The van der Waals surface area contributed by atoms with Crippen LogP contribution in [0.25, 0.3) is 0 Å². The van der Waals surface area contributed by atoms with Gasteiger partial charge in [-0.2, -0.15) is 0 Å². The minimum absolute atomic E-state index is 0.127. The smallest absolute Gasteiger partial charge is 0.321 e. The van der Waals surface area contributed by atoms with E-state index >= 15 is 0 Å². The Hall–Kier alpha value is -1.98. The van der Waals surface area contributed by atoms with Crippen LogP contribution in [0.2, 0.25) is 0 Å². The molecule has 5 heteroatoms. The van der Waals surface area contributed by atoms with E-state index in [1.807, 2.05) is 42.5 Å². The van der Waals surface area contributed by atoms with Crippen molar-refractivity contribution in [2.45, 2.75) is 30.9 Å². The van der Waals surface area contributed by atoms with E-state index < -0.39 is 12.0 Å². The van der Waals surface area contributed by atoms with Crippen LogP contribution in [0.3, 0.4) is 0 Å². The Balaban J connectivity index is 1.57. The van der Waals surface area contributed by atoms with Crippen molar-refractivity contribution in [3.05, 3.63) is 65.7 Å². The van der Waals surface area contributed by atoms with Crippen LogP contribution < -0.4 is 10.1 Å². The highest BCUT2D eigenvalue weighted by atomic mass is 32.2. The molecule has 3 rings (SSSR count). The summed E-state index contributed by atoms with van der Waals surface area (Å²) < 4.78 is 5.80. The maximum absolute atomic E-state index is 11.0. The molecule has 1 aliphatic rings. The van der Waals surface area contributed by atoms with Crippen molar-refractivity contribution in [1.82, 2.24) is 5.32 Å². The molecule has 0 aliphatic carbocycles. The van der Waals surface area contributed by atoms with Gasteiger partial charge in [-0.25, -0.2) is 0 Å². The Morgan fingerprint density at radius 3 is 2.58 bits per heavy atom. The molecule has 0 saturated carbocycles. The monoisotopic (exact) mass is 343 g/mol. The van der Waals surface area contributed by atoms with Crippen molar-refractivity contribution in [3.8, 4) is 5.75 Å². The first kappa shape index (κ1) is 16.9. The molecule has 2 unspecified atom stereocenters. The van der Waals surface area contributed by atoms with Crippen LogP contribution in [-0.2, 0) is 11.4 Å². The second-order valence-electron chi connectivity index (χ2n) is 5.94. The van der Waals surface area contributed by atoms with Crippen LogP contribution in [0.5, 0.6) is 5.75 Å². The predicted octanol–water partition coefficient (Wildman–Crippen LogP) is 3.48. The Morgan fingerprint density at radius 2 is 1.96 bits per heavy atom. The number of carbonyl (C=O) groups is 1. The summed E-state index contributed by atoms with van der Waals surface area (Å²) in [5.41, 5.74) is 2.32. The lowest BCUT2D eigenvalue weighted by atomic mass is 10.0. The third kappa shape index (κ3) is 4.10. The lowest BCUT2D eigenvalue weighted by molar-refractivity contribution is -0.138. The largest absolute Gasteiger partial charge is 0.489 e. The number of nitrogens with one attached hydrogen (secondary N) is 1. The molecule has 2 aromatic rings. The van der Waals surface area contributed by atoms with Crippen LogP contribution in [0.15, 0.2) is 54.6 Å². The molecular weight excluding hydrogens is 322 g/mol. The van der Waals surface area contributed by atoms with E-state index in [1.54, 1.807) is 11.8 Å². The predicted molar refractivity (Wildman–Crippen MR) is 96.4 cm³/mol. The van der Waals surface area contributed by atoms with Gasteiger partial charge in [0.25, 0.3) is 0 Å². The van der Waals surface area contributed by atoms with Crippen molar-refractivity contribution in [3.63, 3.8) is 0 Å². The third-order valence-electron chi connectivity index (χ3n) is 4.21. The summed E-state index contributed by atoms with van der Waals surface area (Å²) >= 11 is 1.67. The second kappa shape index (κ2) is 7.73. The van der Waals surface area contributed by atoms with E-state index in [-0.39, 0.29) is 11.3 Å². The van der Waals surface area contributed by atoms with Crippen LogP contribution in [0, 0.1) is 0 Å². The molecule has 1 saturated heterocycles. The maximum atomic E-state index is 11.0. The molecule has 1 fully saturated rings. The van der Waals surface area contributed by atoms with Gasteiger partial charge in [-0.3, -0.25) is 10.1 Å². The van der Waals surface area contributed by atoms with Gasteiger partial charge in [0.05, 0.1) is 5.37 Å². The molecular formula is C19H21NO3S. The number of carboxylic acids is 1. The van der Waals surface area contributed by atoms with Gasteiger partial charge in [0.1, 0.15) is 18.4 Å². The number of rotatable bonds is 6. The number of ether oxygens (including phenoxy) is 1. The second-order valence-corrected chi connectivity index (χ2v) is 7.12. The third-order valence-corrected chi connectivity index (χ3v) is 5.64. The molecule has 126 valence electrons. The van der Waals surface area contributed by atoms with Gasteiger partial charge >= 0.3 is 5.97 Å². The van der Waals surface area contributed by atoms with Crippen molar-refractivity contribution in [2.24, 2.45) is 0 Å². The quantitative estimate of drug-likeness (QED) is 0.841. The van der Waals surface area contributed by atoms with Gasteiger partial charge in [-0.05, 0) is 23.3 Å². The first-order chi connectivity index (χ1) is 11.6. The highest BCUT2D eigenvalue weighted by Gasteiger charge is 2.32. The van der Waals surface area contributed by atoms with Crippen LogP contribution in [0.4, 0.5) is 0 Å². The Labute approximate surface area is 146 Å². The maximum Gasteiger partial charge on any atom is 0.321 e. The zero-order valence-electron chi connectivity index (χ0n) is 13.5. The molecule has 0 spiro atoms. The van der Waals surface area contributed by atoms with Gasteiger partial charge in [0.15, 0.2) is 0 Å². The molecule has 0 bridgehead atoms. The number of thioether (sulfide) groups is 1. The van der Waals surface area contributed by atoms with Crippen LogP contribution >= 0.6 is 11.8 Å². The number of hydrogen-bond donors (Lipinski definition) is 2. The van der Waals surface area contributed by atoms with E-state index in [9.17, 15) is 4.79 Å².